The normalized spacial score (nSPS) is 11.7. The predicted molar refractivity (Wildman–Crippen MR) is 256 cm³/mol. The summed E-state index contributed by atoms with van der Waals surface area (Å²) >= 11 is 0. The molecule has 0 nitrogen and oxygen atoms in total. The second-order valence-electron chi connectivity index (χ2n) is 13.3. The van der Waals surface area contributed by atoms with E-state index in [0.717, 1.165) is 0 Å². The Morgan fingerprint density at radius 3 is 0.836 bits per heavy atom. The molecule has 5 aromatic carbocycles. The molecule has 0 spiro atoms. The zero-order valence-electron chi connectivity index (χ0n) is 39.3. The average molecular weight is 743 g/mol. The summed E-state index contributed by atoms with van der Waals surface area (Å²) in [6.07, 6.45) is 11.2. The molecular formula is C55H82. The van der Waals surface area contributed by atoms with Gasteiger partial charge in [-0.25, -0.2) is 0 Å². The van der Waals surface area contributed by atoms with Crippen molar-refractivity contribution in [3.63, 3.8) is 0 Å². The Morgan fingerprint density at radius 1 is 0.345 bits per heavy atom. The molecule has 55 heavy (non-hydrogen) atoms. The Labute approximate surface area is 342 Å². The maximum absolute atomic E-state index is 2.30. The van der Waals surface area contributed by atoms with Gasteiger partial charge in [0.1, 0.15) is 0 Å². The van der Waals surface area contributed by atoms with Crippen LogP contribution in [0.15, 0.2) is 103 Å². The monoisotopic (exact) mass is 743 g/mol. The largest absolute Gasteiger partial charge is 0.0840 e. The number of allylic oxidation sites excluding steroid dienone is 4. The van der Waals surface area contributed by atoms with Crippen LogP contribution in [0.25, 0.3) is 10.8 Å². The van der Waals surface area contributed by atoms with Crippen molar-refractivity contribution in [2.75, 3.05) is 0 Å². The second-order valence-corrected chi connectivity index (χ2v) is 13.3. The summed E-state index contributed by atoms with van der Waals surface area (Å²) in [4.78, 5) is 0. The Morgan fingerprint density at radius 2 is 0.600 bits per heavy atom. The van der Waals surface area contributed by atoms with E-state index in [-0.39, 0.29) is 0 Å². The van der Waals surface area contributed by atoms with Gasteiger partial charge >= 0.3 is 0 Å². The molecule has 6 rings (SSSR count). The Balaban J connectivity index is 0. The predicted octanol–water partition coefficient (Wildman–Crippen LogP) is 17.4. The number of fused-ring (bicyclic) bond motifs is 1. The van der Waals surface area contributed by atoms with Gasteiger partial charge < -0.3 is 0 Å². The molecule has 0 fully saturated rings. The minimum Gasteiger partial charge on any atom is -0.0840 e. The molecule has 1 atom stereocenters. The van der Waals surface area contributed by atoms with Gasteiger partial charge in [-0.3, -0.25) is 0 Å². The van der Waals surface area contributed by atoms with Crippen LogP contribution >= 0.6 is 0 Å². The van der Waals surface area contributed by atoms with Gasteiger partial charge in [-0.05, 0) is 185 Å². The van der Waals surface area contributed by atoms with Crippen molar-refractivity contribution in [2.24, 2.45) is 5.92 Å². The first-order valence-electron chi connectivity index (χ1n) is 21.2. The van der Waals surface area contributed by atoms with Crippen LogP contribution < -0.4 is 0 Å². The first-order valence-corrected chi connectivity index (χ1v) is 21.2. The lowest BCUT2D eigenvalue weighted by atomic mass is 9.90. The fourth-order valence-electron chi connectivity index (χ4n) is 6.21. The van der Waals surface area contributed by atoms with E-state index in [0.29, 0.717) is 5.92 Å². The summed E-state index contributed by atoms with van der Waals surface area (Å²) in [5.74, 6) is 0.701. The lowest BCUT2D eigenvalue weighted by Gasteiger charge is -2.15. The molecule has 0 bridgehead atoms. The minimum atomic E-state index is 0.701. The molecule has 0 aliphatic heterocycles. The van der Waals surface area contributed by atoms with E-state index in [1.54, 1.807) is 0 Å². The molecule has 5 aromatic rings. The first kappa shape index (κ1) is 52.9. The highest BCUT2D eigenvalue weighted by Crippen LogP contribution is 2.26. The molecule has 0 amide bonds. The van der Waals surface area contributed by atoms with Crippen molar-refractivity contribution in [3.05, 3.63) is 175 Å². The summed E-state index contributed by atoms with van der Waals surface area (Å²) < 4.78 is 0. The van der Waals surface area contributed by atoms with Crippen LogP contribution in [0.3, 0.4) is 0 Å². The lowest BCUT2D eigenvalue weighted by Crippen LogP contribution is -2.01. The minimum absolute atomic E-state index is 0.701. The maximum Gasteiger partial charge on any atom is -0.0155 e. The van der Waals surface area contributed by atoms with Crippen LogP contribution in [-0.4, -0.2) is 0 Å². The van der Waals surface area contributed by atoms with Crippen LogP contribution in [0.2, 0.25) is 0 Å². The summed E-state index contributed by atoms with van der Waals surface area (Å²) in [6, 6.07) is 27.4. The van der Waals surface area contributed by atoms with Crippen molar-refractivity contribution in [1.82, 2.24) is 0 Å². The third kappa shape index (κ3) is 17.0. The summed E-state index contributed by atoms with van der Waals surface area (Å²) in [6.45, 7) is 42.5. The Kier molecular flexibility index (Phi) is 29.0. The van der Waals surface area contributed by atoms with Gasteiger partial charge in [0.2, 0.25) is 0 Å². The molecule has 0 heterocycles. The highest BCUT2D eigenvalue weighted by Gasteiger charge is 2.09. The summed E-state index contributed by atoms with van der Waals surface area (Å²) in [7, 11) is 0. The topological polar surface area (TPSA) is 0 Å². The Hall–Kier alpha value is -4.16. The molecule has 0 aromatic heterocycles. The highest BCUT2D eigenvalue weighted by atomic mass is 14.1. The van der Waals surface area contributed by atoms with E-state index >= 15 is 0 Å². The van der Waals surface area contributed by atoms with E-state index in [4.69, 9.17) is 0 Å². The molecule has 1 unspecified atom stereocenters. The van der Waals surface area contributed by atoms with Gasteiger partial charge in [-0.2, -0.15) is 0 Å². The van der Waals surface area contributed by atoms with Crippen molar-refractivity contribution in [1.29, 1.82) is 0 Å². The van der Waals surface area contributed by atoms with Gasteiger partial charge in [0, 0.05) is 0 Å². The maximum atomic E-state index is 2.30. The molecule has 0 radical (unpaired) electrons. The van der Waals surface area contributed by atoms with E-state index in [1.807, 2.05) is 55.4 Å². The van der Waals surface area contributed by atoms with Gasteiger partial charge in [0.05, 0.1) is 0 Å². The molecule has 1 aliphatic carbocycles. The zero-order valence-corrected chi connectivity index (χ0v) is 39.3. The van der Waals surface area contributed by atoms with Crippen LogP contribution in [0.5, 0.6) is 0 Å². The SMILES string of the molecule is C1=CCC(Cc2ccccc2)C=C1.CC.CC.CC.CC.Cc1c(C)c(C)c(C)c(C)c1C.Cc1c(C)c(C)c(C)c(C)c1C.c1ccc2ccccc2c1. The number of hydrogen-bond donors (Lipinski definition) is 0. The molecule has 0 saturated carbocycles. The first-order chi connectivity index (χ1) is 26.3. The van der Waals surface area contributed by atoms with Crippen molar-refractivity contribution < 1.29 is 0 Å². The number of rotatable bonds is 2. The van der Waals surface area contributed by atoms with Crippen molar-refractivity contribution in [3.8, 4) is 0 Å². The van der Waals surface area contributed by atoms with E-state index in [9.17, 15) is 0 Å². The third-order valence-corrected chi connectivity index (χ3v) is 10.8. The quantitative estimate of drug-likeness (QED) is 0.169. The summed E-state index contributed by atoms with van der Waals surface area (Å²) in [5.41, 5.74) is 18.9. The smallest absolute Gasteiger partial charge is 0.0155 e. The van der Waals surface area contributed by atoms with Crippen molar-refractivity contribution >= 4 is 10.8 Å². The number of hydrogen-bond acceptors (Lipinski definition) is 0. The zero-order chi connectivity index (χ0) is 42.7. The molecular weight excluding hydrogens is 661 g/mol. The van der Waals surface area contributed by atoms with Crippen LogP contribution in [0.4, 0.5) is 0 Å². The second kappa shape index (κ2) is 30.1. The van der Waals surface area contributed by atoms with Gasteiger partial charge in [-0.1, -0.05) is 159 Å². The van der Waals surface area contributed by atoms with Crippen LogP contribution in [-0.2, 0) is 6.42 Å². The fourth-order valence-corrected chi connectivity index (χ4v) is 6.21. The van der Waals surface area contributed by atoms with Gasteiger partial charge in [0.15, 0.2) is 0 Å². The van der Waals surface area contributed by atoms with E-state index in [1.165, 1.54) is 95.9 Å². The third-order valence-electron chi connectivity index (χ3n) is 10.8. The van der Waals surface area contributed by atoms with E-state index in [2.05, 4.69) is 186 Å². The highest BCUT2D eigenvalue weighted by molar-refractivity contribution is 5.82. The summed E-state index contributed by atoms with van der Waals surface area (Å²) in [5, 5.41) is 2.62. The van der Waals surface area contributed by atoms with Gasteiger partial charge in [-0.15, -0.1) is 0 Å². The molecule has 302 valence electrons. The molecule has 0 saturated heterocycles. The Bertz CT molecular complexity index is 1490. The van der Waals surface area contributed by atoms with Crippen molar-refractivity contribution in [2.45, 2.75) is 151 Å². The number of benzene rings is 5. The molecule has 1 aliphatic rings. The van der Waals surface area contributed by atoms with Gasteiger partial charge in [0.25, 0.3) is 0 Å². The van der Waals surface area contributed by atoms with Crippen LogP contribution in [0, 0.1) is 89.0 Å². The van der Waals surface area contributed by atoms with E-state index < -0.39 is 0 Å². The average Bonchev–Trinajstić information content (AvgIpc) is 3.26. The molecule has 0 N–H and O–H groups in total. The standard InChI is InChI=1S/C13H14.2C12H18.C10H8.4C2H6/c1-3-7-12(8-4-1)11-13-9-5-2-6-10-13;2*1-7-8(2)10(4)12(6)11(5)9(7)3;1-2-6-10-8-4-3-7-9(10)5-1;4*1-2/h1-9,13H,10-11H2;2*1-6H3;1-8H;4*1-2H3. The fraction of sp³-hybridized carbons (Fsp3) is 0.418. The van der Waals surface area contributed by atoms with Crippen LogP contribution in [0.1, 0.15) is 134 Å². The lowest BCUT2D eigenvalue weighted by molar-refractivity contribution is 0.653. The molecule has 0 heteroatoms.